The van der Waals surface area contributed by atoms with E-state index in [-0.39, 0.29) is 11.9 Å². The van der Waals surface area contributed by atoms with E-state index in [1.54, 1.807) is 6.07 Å². The van der Waals surface area contributed by atoms with Gasteiger partial charge in [-0.3, -0.25) is 4.79 Å². The van der Waals surface area contributed by atoms with Crippen molar-refractivity contribution >= 4 is 17.2 Å². The van der Waals surface area contributed by atoms with Gasteiger partial charge < -0.3 is 16.2 Å². The first-order valence-corrected chi connectivity index (χ1v) is 7.73. The van der Waals surface area contributed by atoms with Crippen LogP contribution in [-0.4, -0.2) is 23.6 Å². The maximum Gasteiger partial charge on any atom is 0.258 e. The van der Waals surface area contributed by atoms with Crippen LogP contribution < -0.4 is 11.1 Å². The average molecular weight is 304 g/mol. The molecule has 112 valence electrons. The Kier molecular flexibility index (Phi) is 5.50. The second-order valence-corrected chi connectivity index (χ2v) is 6.24. The minimum atomic E-state index is -0.516. The van der Waals surface area contributed by atoms with Crippen molar-refractivity contribution in [2.45, 2.75) is 25.5 Å². The van der Waals surface area contributed by atoms with Crippen LogP contribution in [0.15, 0.2) is 42.5 Å². The second kappa shape index (κ2) is 7.36. The Hall–Kier alpha value is -1.69. The molecular formula is C16H20N2O2S. The Morgan fingerprint density at radius 2 is 2.00 bits per heavy atom. The van der Waals surface area contributed by atoms with Gasteiger partial charge in [-0.25, -0.2) is 0 Å². The van der Waals surface area contributed by atoms with Crippen molar-refractivity contribution < 1.29 is 9.90 Å². The Labute approximate surface area is 128 Å². The first-order chi connectivity index (χ1) is 10.1. The van der Waals surface area contributed by atoms with E-state index in [0.29, 0.717) is 11.4 Å². The molecule has 0 saturated heterocycles. The zero-order valence-electron chi connectivity index (χ0n) is 12.0. The average Bonchev–Trinajstić information content (AvgIpc) is 2.94. The summed E-state index contributed by atoms with van der Waals surface area (Å²) in [5.41, 5.74) is 6.15. The number of rotatable bonds is 7. The largest absolute Gasteiger partial charge is 0.387 e. The summed E-state index contributed by atoms with van der Waals surface area (Å²) < 4.78 is 0. The number of nitrogens with one attached hydrogen (secondary N) is 1. The molecule has 0 saturated carbocycles. The lowest BCUT2D eigenvalue weighted by Crippen LogP contribution is -2.31. The summed E-state index contributed by atoms with van der Waals surface area (Å²) in [6.07, 6.45) is 0.289. The fourth-order valence-corrected chi connectivity index (χ4v) is 3.09. The standard InChI is InChI=1S/C16H20N2O2S/c1-11(9-13-7-8-15(21-13)16(17)20)18-10-14(19)12-5-3-2-4-6-12/h2-8,11,14,18-19H,9-10H2,1H3,(H2,17,20)/t11-,14-/m1/s1. The Bertz CT molecular complexity index is 583. The van der Waals surface area contributed by atoms with Gasteiger partial charge in [0, 0.05) is 17.5 Å². The SMILES string of the molecule is C[C@H](Cc1ccc(C(N)=O)s1)NC[C@@H](O)c1ccccc1. The van der Waals surface area contributed by atoms with Crippen molar-refractivity contribution in [2.24, 2.45) is 5.73 Å². The number of nitrogens with two attached hydrogens (primary N) is 1. The number of hydrogen-bond acceptors (Lipinski definition) is 4. The van der Waals surface area contributed by atoms with Gasteiger partial charge in [-0.15, -0.1) is 11.3 Å². The van der Waals surface area contributed by atoms with E-state index in [0.717, 1.165) is 16.9 Å². The van der Waals surface area contributed by atoms with Crippen LogP contribution in [0.1, 0.15) is 33.1 Å². The van der Waals surface area contributed by atoms with E-state index < -0.39 is 6.10 Å². The zero-order chi connectivity index (χ0) is 15.2. The van der Waals surface area contributed by atoms with Gasteiger partial charge in [-0.05, 0) is 31.0 Å². The molecule has 1 heterocycles. The number of primary amides is 1. The lowest BCUT2D eigenvalue weighted by molar-refractivity contribution is 0.100. The number of carbonyl (C=O) groups excluding carboxylic acids is 1. The molecule has 0 aliphatic carbocycles. The van der Waals surface area contributed by atoms with E-state index >= 15 is 0 Å². The van der Waals surface area contributed by atoms with Crippen molar-refractivity contribution in [1.29, 1.82) is 0 Å². The highest BCUT2D eigenvalue weighted by Gasteiger charge is 2.11. The topological polar surface area (TPSA) is 75.4 Å². The van der Waals surface area contributed by atoms with Gasteiger partial charge in [0.05, 0.1) is 11.0 Å². The van der Waals surface area contributed by atoms with Crippen LogP contribution in [0.4, 0.5) is 0 Å². The van der Waals surface area contributed by atoms with E-state index in [4.69, 9.17) is 5.73 Å². The quantitative estimate of drug-likeness (QED) is 0.733. The van der Waals surface area contributed by atoms with Crippen LogP contribution in [-0.2, 0) is 6.42 Å². The Morgan fingerprint density at radius 1 is 1.29 bits per heavy atom. The molecule has 0 fully saturated rings. The zero-order valence-corrected chi connectivity index (χ0v) is 12.8. The Morgan fingerprint density at radius 3 is 2.62 bits per heavy atom. The smallest absolute Gasteiger partial charge is 0.258 e. The first kappa shape index (κ1) is 15.7. The number of benzene rings is 1. The van der Waals surface area contributed by atoms with Gasteiger partial charge in [0.15, 0.2) is 0 Å². The number of aliphatic hydroxyl groups excluding tert-OH is 1. The van der Waals surface area contributed by atoms with Gasteiger partial charge in [0.1, 0.15) is 0 Å². The van der Waals surface area contributed by atoms with Crippen molar-refractivity contribution in [1.82, 2.24) is 5.32 Å². The van der Waals surface area contributed by atoms with Crippen LogP contribution in [0, 0.1) is 0 Å². The molecule has 2 rings (SSSR count). The maximum atomic E-state index is 11.1. The van der Waals surface area contributed by atoms with Crippen LogP contribution in [0.25, 0.3) is 0 Å². The van der Waals surface area contributed by atoms with Gasteiger partial charge in [0.25, 0.3) is 5.91 Å². The van der Waals surface area contributed by atoms with Gasteiger partial charge >= 0.3 is 0 Å². The molecule has 5 heteroatoms. The molecule has 0 aliphatic rings. The molecule has 4 N–H and O–H groups in total. The molecule has 2 atom stereocenters. The minimum absolute atomic E-state index is 0.211. The summed E-state index contributed by atoms with van der Waals surface area (Å²) in [7, 11) is 0. The fourth-order valence-electron chi connectivity index (χ4n) is 2.10. The summed E-state index contributed by atoms with van der Waals surface area (Å²) in [6, 6.07) is 13.5. The number of thiophene rings is 1. The highest BCUT2D eigenvalue weighted by molar-refractivity contribution is 7.14. The summed E-state index contributed by atoms with van der Waals surface area (Å²) in [6.45, 7) is 2.56. The van der Waals surface area contributed by atoms with E-state index in [9.17, 15) is 9.90 Å². The monoisotopic (exact) mass is 304 g/mol. The molecule has 1 aromatic heterocycles. The van der Waals surface area contributed by atoms with Crippen LogP contribution in [0.3, 0.4) is 0 Å². The van der Waals surface area contributed by atoms with Crippen molar-refractivity contribution in [3.05, 3.63) is 57.8 Å². The normalized spacial score (nSPS) is 13.8. The molecule has 0 radical (unpaired) electrons. The molecule has 1 aromatic carbocycles. The fraction of sp³-hybridized carbons (Fsp3) is 0.312. The maximum absolute atomic E-state index is 11.1. The molecule has 1 amide bonds. The van der Waals surface area contributed by atoms with Gasteiger partial charge in [0.2, 0.25) is 0 Å². The predicted molar refractivity (Wildman–Crippen MR) is 85.4 cm³/mol. The highest BCUT2D eigenvalue weighted by Crippen LogP contribution is 2.18. The minimum Gasteiger partial charge on any atom is -0.387 e. The van der Waals surface area contributed by atoms with Crippen molar-refractivity contribution in [3.8, 4) is 0 Å². The third-order valence-electron chi connectivity index (χ3n) is 3.26. The lowest BCUT2D eigenvalue weighted by atomic mass is 10.1. The molecular weight excluding hydrogens is 284 g/mol. The molecule has 21 heavy (non-hydrogen) atoms. The molecule has 0 unspecified atom stereocenters. The van der Waals surface area contributed by atoms with Gasteiger partial charge in [-0.2, -0.15) is 0 Å². The third kappa shape index (κ3) is 4.67. The number of amides is 1. The number of hydrogen-bond donors (Lipinski definition) is 3. The van der Waals surface area contributed by atoms with Crippen molar-refractivity contribution in [3.63, 3.8) is 0 Å². The van der Waals surface area contributed by atoms with Crippen molar-refractivity contribution in [2.75, 3.05) is 6.54 Å². The molecule has 0 aliphatic heterocycles. The molecule has 2 aromatic rings. The van der Waals surface area contributed by atoms with E-state index in [2.05, 4.69) is 12.2 Å². The van der Waals surface area contributed by atoms with E-state index in [1.165, 1.54) is 11.3 Å². The molecule has 0 bridgehead atoms. The van der Waals surface area contributed by atoms with E-state index in [1.807, 2.05) is 36.4 Å². The number of aliphatic hydroxyl groups is 1. The van der Waals surface area contributed by atoms with Crippen LogP contribution >= 0.6 is 11.3 Å². The third-order valence-corrected chi connectivity index (χ3v) is 4.38. The predicted octanol–water partition coefficient (Wildman–Crippen LogP) is 2.10. The molecule has 0 spiro atoms. The first-order valence-electron chi connectivity index (χ1n) is 6.91. The second-order valence-electron chi connectivity index (χ2n) is 5.07. The Balaban J connectivity index is 1.81. The molecule has 4 nitrogen and oxygen atoms in total. The van der Waals surface area contributed by atoms with Gasteiger partial charge in [-0.1, -0.05) is 30.3 Å². The number of carbonyl (C=O) groups is 1. The lowest BCUT2D eigenvalue weighted by Gasteiger charge is -2.17. The highest BCUT2D eigenvalue weighted by atomic mass is 32.1. The summed E-state index contributed by atoms with van der Waals surface area (Å²) >= 11 is 1.42. The van der Waals surface area contributed by atoms with Crippen LogP contribution in [0.5, 0.6) is 0 Å². The van der Waals surface area contributed by atoms with Crippen LogP contribution in [0.2, 0.25) is 0 Å². The summed E-state index contributed by atoms with van der Waals surface area (Å²) in [5.74, 6) is -0.383. The summed E-state index contributed by atoms with van der Waals surface area (Å²) in [5, 5.41) is 13.4. The summed E-state index contributed by atoms with van der Waals surface area (Å²) in [4.78, 5) is 12.7.